The monoisotopic (exact) mass is 422 g/mol. The van der Waals surface area contributed by atoms with Crippen LogP contribution < -0.4 is 11.3 Å². The van der Waals surface area contributed by atoms with Crippen LogP contribution in [0.4, 0.5) is 0 Å². The van der Waals surface area contributed by atoms with Crippen molar-refractivity contribution >= 4 is 5.91 Å². The summed E-state index contributed by atoms with van der Waals surface area (Å²) in [5.41, 5.74) is 1.44. The lowest BCUT2D eigenvalue weighted by Crippen LogP contribution is -2.70. The molecule has 6 rings (SSSR count). The fourth-order valence-corrected chi connectivity index (χ4v) is 5.88. The van der Waals surface area contributed by atoms with Crippen molar-refractivity contribution in [3.63, 3.8) is 0 Å². The molecule has 9 heteroatoms. The third kappa shape index (κ3) is 3.03. The maximum Gasteiger partial charge on any atom is 0.300 e. The Labute approximate surface area is 175 Å². The number of amides is 1. The topological polar surface area (TPSA) is 114 Å². The molecule has 166 valence electrons. The van der Waals surface area contributed by atoms with Crippen LogP contribution in [0.25, 0.3) is 0 Å². The standard InChI is InChI=1S/C21H30N2O7/c1-11-4-6-15-12(2)18(25-10-13-5-7-16(26-13)17(24)23-22)27-19-21(15)14(11)8-9-20(3,28-19)29-30-21/h5,7,11-12,14-15,18-19H,4,6,8-10,22H2,1-3H3,(H,23,24)/t11-,12-,14?,15?,18?,19?,20+,21?/m1/s1. The zero-order valence-electron chi connectivity index (χ0n) is 17.6. The van der Waals surface area contributed by atoms with Crippen molar-refractivity contribution in [1.82, 2.24) is 5.43 Å². The molecule has 9 nitrogen and oxygen atoms in total. The Morgan fingerprint density at radius 1 is 1.23 bits per heavy atom. The average Bonchev–Trinajstić information content (AvgIpc) is 3.09. The number of ether oxygens (including phenoxy) is 3. The Hall–Kier alpha value is -1.49. The minimum absolute atomic E-state index is 0.0766. The first-order chi connectivity index (χ1) is 14.4. The Morgan fingerprint density at radius 3 is 2.87 bits per heavy atom. The van der Waals surface area contributed by atoms with Gasteiger partial charge < -0.3 is 18.6 Å². The molecular formula is C21H30N2O7. The number of carbonyl (C=O) groups is 1. The second-order valence-corrected chi connectivity index (χ2v) is 9.32. The van der Waals surface area contributed by atoms with Crippen molar-refractivity contribution in [2.75, 3.05) is 0 Å². The van der Waals surface area contributed by atoms with Crippen LogP contribution in [0.15, 0.2) is 16.5 Å². The van der Waals surface area contributed by atoms with E-state index in [1.165, 1.54) is 0 Å². The van der Waals surface area contributed by atoms with E-state index in [-0.39, 0.29) is 24.2 Å². The van der Waals surface area contributed by atoms with Crippen LogP contribution in [0.5, 0.6) is 0 Å². The lowest BCUT2D eigenvalue weighted by molar-refractivity contribution is -0.577. The third-order valence-corrected chi connectivity index (χ3v) is 7.50. The summed E-state index contributed by atoms with van der Waals surface area (Å²) in [5.74, 6) is 5.61. The molecule has 3 N–H and O–H groups in total. The van der Waals surface area contributed by atoms with Gasteiger partial charge in [0.1, 0.15) is 12.4 Å². The first kappa shape index (κ1) is 20.4. The van der Waals surface area contributed by atoms with Gasteiger partial charge in [-0.05, 0) is 50.2 Å². The lowest BCUT2D eigenvalue weighted by atomic mass is 9.58. The Morgan fingerprint density at radius 2 is 2.07 bits per heavy atom. The van der Waals surface area contributed by atoms with Gasteiger partial charge in [-0.1, -0.05) is 13.8 Å². The van der Waals surface area contributed by atoms with E-state index in [4.69, 9.17) is 34.2 Å². The maximum absolute atomic E-state index is 11.6. The number of carbonyl (C=O) groups excluding carboxylic acids is 1. The zero-order chi connectivity index (χ0) is 21.1. The summed E-state index contributed by atoms with van der Waals surface area (Å²) in [6, 6.07) is 3.26. The molecule has 1 amide bonds. The van der Waals surface area contributed by atoms with Crippen molar-refractivity contribution in [1.29, 1.82) is 0 Å². The summed E-state index contributed by atoms with van der Waals surface area (Å²) < 4.78 is 24.3. The molecular weight excluding hydrogens is 392 g/mol. The van der Waals surface area contributed by atoms with Gasteiger partial charge in [0, 0.05) is 18.3 Å². The fourth-order valence-electron chi connectivity index (χ4n) is 5.88. The third-order valence-electron chi connectivity index (χ3n) is 7.50. The summed E-state index contributed by atoms with van der Waals surface area (Å²) in [7, 11) is 0. The molecule has 8 atom stereocenters. The molecule has 1 spiro atoms. The molecule has 1 saturated carbocycles. The molecule has 30 heavy (non-hydrogen) atoms. The number of hydrogen-bond donors (Lipinski definition) is 2. The van der Waals surface area contributed by atoms with Gasteiger partial charge in [-0.2, -0.15) is 0 Å². The highest BCUT2D eigenvalue weighted by atomic mass is 17.3. The minimum Gasteiger partial charge on any atom is -0.453 e. The van der Waals surface area contributed by atoms with Crippen molar-refractivity contribution in [2.45, 2.75) is 77.0 Å². The Kier molecular flexibility index (Phi) is 4.96. The van der Waals surface area contributed by atoms with E-state index in [0.29, 0.717) is 17.6 Å². The highest BCUT2D eigenvalue weighted by molar-refractivity contribution is 5.90. The van der Waals surface area contributed by atoms with Gasteiger partial charge in [0.2, 0.25) is 5.79 Å². The van der Waals surface area contributed by atoms with E-state index in [1.807, 2.05) is 12.3 Å². The van der Waals surface area contributed by atoms with Gasteiger partial charge in [0.15, 0.2) is 23.9 Å². The van der Waals surface area contributed by atoms with Gasteiger partial charge in [-0.25, -0.2) is 15.6 Å². The Balaban J connectivity index is 1.36. The van der Waals surface area contributed by atoms with E-state index < -0.39 is 29.9 Å². The van der Waals surface area contributed by atoms with E-state index >= 15 is 0 Å². The molecule has 1 aromatic heterocycles. The van der Waals surface area contributed by atoms with E-state index in [2.05, 4.69) is 13.8 Å². The molecule has 1 aliphatic carbocycles. The van der Waals surface area contributed by atoms with Crippen LogP contribution in [0.2, 0.25) is 0 Å². The summed E-state index contributed by atoms with van der Waals surface area (Å²) in [6.45, 7) is 6.50. The summed E-state index contributed by atoms with van der Waals surface area (Å²) in [6.07, 6.45) is 2.87. The zero-order valence-corrected chi connectivity index (χ0v) is 17.6. The van der Waals surface area contributed by atoms with Crippen molar-refractivity contribution in [3.05, 3.63) is 23.7 Å². The number of rotatable bonds is 4. The van der Waals surface area contributed by atoms with Crippen LogP contribution in [0.1, 0.15) is 62.8 Å². The number of furan rings is 1. The fraction of sp³-hybridized carbons (Fsp3) is 0.762. The number of nitrogen functional groups attached to an aromatic ring is 1. The summed E-state index contributed by atoms with van der Waals surface area (Å²) in [4.78, 5) is 23.5. The van der Waals surface area contributed by atoms with Gasteiger partial charge in [-0.3, -0.25) is 10.2 Å². The molecule has 5 unspecified atom stereocenters. The van der Waals surface area contributed by atoms with Crippen molar-refractivity contribution in [3.8, 4) is 0 Å². The number of fused-ring (bicyclic) bond motifs is 2. The molecule has 1 aromatic rings. The number of nitrogens with one attached hydrogen (secondary N) is 1. The van der Waals surface area contributed by atoms with Crippen LogP contribution in [-0.2, 0) is 30.6 Å². The van der Waals surface area contributed by atoms with E-state index in [0.717, 1.165) is 25.7 Å². The maximum atomic E-state index is 11.6. The first-order valence-electron chi connectivity index (χ1n) is 10.8. The molecule has 5 heterocycles. The smallest absolute Gasteiger partial charge is 0.300 e. The summed E-state index contributed by atoms with van der Waals surface area (Å²) in [5, 5.41) is 0. The largest absolute Gasteiger partial charge is 0.453 e. The predicted octanol–water partition coefficient (Wildman–Crippen LogP) is 2.61. The van der Waals surface area contributed by atoms with Crippen LogP contribution in [0.3, 0.4) is 0 Å². The number of nitrogens with two attached hydrogens (primary N) is 1. The average molecular weight is 422 g/mol. The Bertz CT molecular complexity index is 815. The van der Waals surface area contributed by atoms with Gasteiger partial charge in [-0.15, -0.1) is 0 Å². The number of hydrogen-bond acceptors (Lipinski definition) is 8. The van der Waals surface area contributed by atoms with Crippen molar-refractivity contribution < 1.29 is 33.2 Å². The van der Waals surface area contributed by atoms with Gasteiger partial charge in [0.25, 0.3) is 0 Å². The highest BCUT2D eigenvalue weighted by Gasteiger charge is 2.69. The molecule has 0 aromatic carbocycles. The second-order valence-electron chi connectivity index (χ2n) is 9.32. The van der Waals surface area contributed by atoms with Crippen LogP contribution in [-0.4, -0.2) is 29.9 Å². The molecule has 5 aliphatic rings. The summed E-state index contributed by atoms with van der Waals surface area (Å²) >= 11 is 0. The number of hydrazine groups is 1. The SMILES string of the molecule is C[C@H]1C(OCc2ccc(C(=O)NN)o2)OC2O[C@]3(C)CCC4[C@H](C)CCC1C24OO3. The van der Waals surface area contributed by atoms with Gasteiger partial charge in [0.05, 0.1) is 0 Å². The minimum atomic E-state index is -0.811. The van der Waals surface area contributed by atoms with Crippen LogP contribution >= 0.6 is 0 Å². The molecule has 0 radical (unpaired) electrons. The molecule has 5 fully saturated rings. The predicted molar refractivity (Wildman–Crippen MR) is 102 cm³/mol. The first-order valence-corrected chi connectivity index (χ1v) is 10.8. The lowest BCUT2D eigenvalue weighted by Gasteiger charge is -2.60. The van der Waals surface area contributed by atoms with E-state index in [9.17, 15) is 4.79 Å². The normalized spacial score (nSPS) is 44.9. The van der Waals surface area contributed by atoms with E-state index in [1.54, 1.807) is 12.1 Å². The molecule has 4 aliphatic heterocycles. The van der Waals surface area contributed by atoms with Crippen molar-refractivity contribution in [2.24, 2.45) is 29.5 Å². The highest BCUT2D eigenvalue weighted by Crippen LogP contribution is 2.60. The quantitative estimate of drug-likeness (QED) is 0.329. The molecule has 4 saturated heterocycles. The van der Waals surface area contributed by atoms with Gasteiger partial charge >= 0.3 is 5.91 Å². The second kappa shape index (κ2) is 7.29. The molecule has 2 bridgehead atoms. The van der Waals surface area contributed by atoms with Crippen LogP contribution in [0, 0.1) is 23.7 Å².